The van der Waals surface area contributed by atoms with E-state index in [1.165, 1.54) is 19.3 Å². The molecule has 0 atom stereocenters. The van der Waals surface area contributed by atoms with Gasteiger partial charge in [0.2, 0.25) is 0 Å². The molecule has 1 nitrogen and oxygen atoms in total. The Morgan fingerprint density at radius 3 is 1.58 bits per heavy atom. The third kappa shape index (κ3) is 4.21. The Labute approximate surface area is 78.3 Å². The summed E-state index contributed by atoms with van der Waals surface area (Å²) in [6.07, 6.45) is 4.46. The van der Waals surface area contributed by atoms with Crippen molar-refractivity contribution in [2.24, 2.45) is 5.92 Å². The Kier molecular flexibility index (Phi) is 5.02. The molecule has 1 aliphatic carbocycles. The molecule has 1 heterocycles. The first-order valence-corrected chi connectivity index (χ1v) is 4.19. The molecule has 0 unspecified atom stereocenters. The molecular weight excluding hydrogens is 184 g/mol. The third-order valence-electron chi connectivity index (χ3n) is 2.16. The van der Waals surface area contributed by atoms with Gasteiger partial charge in [0, 0.05) is 0 Å². The van der Waals surface area contributed by atoms with Gasteiger partial charge in [-0.3, -0.25) is 0 Å². The molecule has 1 N–H and O–H groups in total. The SMILES string of the molecule is CC1CCC1.Cl.FC1(F)CNC1. The van der Waals surface area contributed by atoms with E-state index < -0.39 is 5.92 Å². The lowest BCUT2D eigenvalue weighted by Gasteiger charge is -2.25. The lowest BCUT2D eigenvalue weighted by molar-refractivity contribution is -0.0475. The first kappa shape index (κ1) is 12.1. The van der Waals surface area contributed by atoms with Crippen molar-refractivity contribution in [1.29, 1.82) is 0 Å². The zero-order chi connectivity index (χ0) is 8.32. The molecule has 0 bridgehead atoms. The van der Waals surface area contributed by atoms with Gasteiger partial charge < -0.3 is 5.32 Å². The Balaban J connectivity index is 0.000000189. The van der Waals surface area contributed by atoms with Crippen LogP contribution < -0.4 is 5.32 Å². The molecule has 12 heavy (non-hydrogen) atoms. The van der Waals surface area contributed by atoms with Crippen LogP contribution in [0.2, 0.25) is 0 Å². The highest BCUT2D eigenvalue weighted by atomic mass is 35.5. The maximum atomic E-state index is 11.5. The maximum absolute atomic E-state index is 11.5. The Bertz CT molecular complexity index is 120. The third-order valence-corrected chi connectivity index (χ3v) is 2.16. The van der Waals surface area contributed by atoms with Gasteiger partial charge in [-0.25, -0.2) is 8.78 Å². The molecule has 0 aromatic rings. The molecule has 1 aliphatic heterocycles. The minimum atomic E-state index is -2.39. The molecule has 2 aliphatic rings. The van der Waals surface area contributed by atoms with Gasteiger partial charge in [-0.2, -0.15) is 0 Å². The Morgan fingerprint density at radius 2 is 1.58 bits per heavy atom. The van der Waals surface area contributed by atoms with Crippen LogP contribution in [-0.4, -0.2) is 19.0 Å². The highest BCUT2D eigenvalue weighted by molar-refractivity contribution is 5.85. The molecule has 1 saturated carbocycles. The van der Waals surface area contributed by atoms with Gasteiger partial charge in [-0.15, -0.1) is 12.4 Å². The summed E-state index contributed by atoms with van der Waals surface area (Å²) >= 11 is 0. The summed E-state index contributed by atoms with van der Waals surface area (Å²) < 4.78 is 23.0. The van der Waals surface area contributed by atoms with Gasteiger partial charge in [0.1, 0.15) is 0 Å². The van der Waals surface area contributed by atoms with Gasteiger partial charge in [0.25, 0.3) is 5.92 Å². The zero-order valence-corrected chi connectivity index (χ0v) is 8.09. The molecular formula is C8H16ClF2N. The van der Waals surface area contributed by atoms with Gasteiger partial charge in [-0.1, -0.05) is 26.2 Å². The van der Waals surface area contributed by atoms with E-state index in [0.29, 0.717) is 0 Å². The minimum absolute atomic E-state index is 0. The summed E-state index contributed by atoms with van der Waals surface area (Å²) in [7, 11) is 0. The number of halogens is 3. The number of hydrogen-bond donors (Lipinski definition) is 1. The topological polar surface area (TPSA) is 12.0 Å². The minimum Gasteiger partial charge on any atom is -0.305 e. The fourth-order valence-corrected chi connectivity index (χ4v) is 0.926. The van der Waals surface area contributed by atoms with Crippen LogP contribution in [0.5, 0.6) is 0 Å². The molecule has 0 spiro atoms. The average molecular weight is 200 g/mol. The second-order valence-corrected chi connectivity index (χ2v) is 3.50. The molecule has 2 fully saturated rings. The monoisotopic (exact) mass is 199 g/mol. The van der Waals surface area contributed by atoms with E-state index in [4.69, 9.17) is 0 Å². The second-order valence-electron chi connectivity index (χ2n) is 3.50. The highest BCUT2D eigenvalue weighted by Gasteiger charge is 2.36. The predicted molar refractivity (Wildman–Crippen MR) is 48.1 cm³/mol. The molecule has 0 amide bonds. The summed E-state index contributed by atoms with van der Waals surface area (Å²) in [6, 6.07) is 0. The van der Waals surface area contributed by atoms with Crippen LogP contribution in [0.25, 0.3) is 0 Å². The summed E-state index contributed by atoms with van der Waals surface area (Å²) in [4.78, 5) is 0. The molecule has 0 radical (unpaired) electrons. The van der Waals surface area contributed by atoms with Crippen LogP contribution in [0.3, 0.4) is 0 Å². The van der Waals surface area contributed by atoms with E-state index in [0.717, 1.165) is 5.92 Å². The van der Waals surface area contributed by atoms with Crippen LogP contribution in [0, 0.1) is 5.92 Å². The van der Waals surface area contributed by atoms with Gasteiger partial charge in [-0.05, 0) is 5.92 Å². The van der Waals surface area contributed by atoms with E-state index in [2.05, 4.69) is 12.2 Å². The summed E-state index contributed by atoms with van der Waals surface area (Å²) in [5.41, 5.74) is 0. The molecule has 4 heteroatoms. The average Bonchev–Trinajstić information content (AvgIpc) is 1.82. The normalized spacial score (nSPS) is 25.2. The number of hydrogen-bond acceptors (Lipinski definition) is 1. The van der Waals surface area contributed by atoms with E-state index in [9.17, 15) is 8.78 Å². The van der Waals surface area contributed by atoms with Gasteiger partial charge in [0.05, 0.1) is 13.1 Å². The van der Waals surface area contributed by atoms with Crippen molar-refractivity contribution in [3.05, 3.63) is 0 Å². The molecule has 2 rings (SSSR count). The van der Waals surface area contributed by atoms with E-state index >= 15 is 0 Å². The quantitative estimate of drug-likeness (QED) is 0.632. The molecule has 0 aromatic heterocycles. The second kappa shape index (κ2) is 4.97. The van der Waals surface area contributed by atoms with E-state index in [1.807, 2.05) is 0 Å². The lowest BCUT2D eigenvalue weighted by Crippen LogP contribution is -2.52. The zero-order valence-electron chi connectivity index (χ0n) is 7.28. The molecule has 0 aromatic carbocycles. The first-order valence-electron chi connectivity index (χ1n) is 4.19. The van der Waals surface area contributed by atoms with Crippen molar-refractivity contribution in [1.82, 2.24) is 5.32 Å². The number of rotatable bonds is 0. The highest BCUT2D eigenvalue weighted by Crippen LogP contribution is 2.24. The van der Waals surface area contributed by atoms with Gasteiger partial charge >= 0.3 is 0 Å². The van der Waals surface area contributed by atoms with E-state index in [-0.39, 0.29) is 25.5 Å². The smallest absolute Gasteiger partial charge is 0.272 e. The lowest BCUT2D eigenvalue weighted by atomic mass is 9.88. The van der Waals surface area contributed by atoms with Crippen molar-refractivity contribution in [2.75, 3.05) is 13.1 Å². The van der Waals surface area contributed by atoms with Crippen LogP contribution in [0.15, 0.2) is 0 Å². The maximum Gasteiger partial charge on any atom is 0.272 e. The van der Waals surface area contributed by atoms with Crippen molar-refractivity contribution in [2.45, 2.75) is 32.1 Å². The van der Waals surface area contributed by atoms with Crippen LogP contribution in [0.4, 0.5) is 8.78 Å². The van der Waals surface area contributed by atoms with Crippen LogP contribution >= 0.6 is 12.4 Å². The van der Waals surface area contributed by atoms with E-state index in [1.54, 1.807) is 0 Å². The summed E-state index contributed by atoms with van der Waals surface area (Å²) in [5.74, 6) is -1.32. The van der Waals surface area contributed by atoms with Crippen molar-refractivity contribution < 1.29 is 8.78 Å². The Hall–Kier alpha value is 0.110. The standard InChI is InChI=1S/C5H10.C3H5F2N.ClH/c1-5-3-2-4-5;4-3(5)1-6-2-3;/h5H,2-4H2,1H3;6H,1-2H2;1H. The summed E-state index contributed by atoms with van der Waals surface area (Å²) in [5, 5.41) is 2.45. The number of alkyl halides is 2. The van der Waals surface area contributed by atoms with Crippen LogP contribution in [-0.2, 0) is 0 Å². The summed E-state index contributed by atoms with van der Waals surface area (Å²) in [6.45, 7) is 2.05. The van der Waals surface area contributed by atoms with Gasteiger partial charge in [0.15, 0.2) is 0 Å². The van der Waals surface area contributed by atoms with Crippen LogP contribution in [0.1, 0.15) is 26.2 Å². The fourth-order valence-electron chi connectivity index (χ4n) is 0.926. The molecule has 74 valence electrons. The molecule has 1 saturated heterocycles. The van der Waals surface area contributed by atoms with Crippen molar-refractivity contribution in [3.8, 4) is 0 Å². The number of nitrogens with one attached hydrogen (secondary N) is 1. The van der Waals surface area contributed by atoms with Crippen molar-refractivity contribution >= 4 is 12.4 Å². The first-order chi connectivity index (χ1) is 5.10. The fraction of sp³-hybridized carbons (Fsp3) is 1.00. The van der Waals surface area contributed by atoms with Crippen molar-refractivity contribution in [3.63, 3.8) is 0 Å². The predicted octanol–water partition coefficient (Wildman–Crippen LogP) is 2.45. The Morgan fingerprint density at radius 1 is 1.25 bits per heavy atom. The largest absolute Gasteiger partial charge is 0.305 e.